The van der Waals surface area contributed by atoms with E-state index >= 15 is 0 Å². The summed E-state index contributed by atoms with van der Waals surface area (Å²) in [6, 6.07) is 13.6. The van der Waals surface area contributed by atoms with Gasteiger partial charge in [0.25, 0.3) is 0 Å². The fourth-order valence-electron chi connectivity index (χ4n) is 3.48. The summed E-state index contributed by atoms with van der Waals surface area (Å²) in [6.07, 6.45) is 15.7. The van der Waals surface area contributed by atoms with Crippen molar-refractivity contribution in [3.05, 3.63) is 54.6 Å². The van der Waals surface area contributed by atoms with Crippen molar-refractivity contribution in [3.63, 3.8) is 0 Å². The maximum Gasteiger partial charge on any atom is 0.167 e. The van der Waals surface area contributed by atoms with Gasteiger partial charge in [-0.3, -0.25) is 0 Å². The molecule has 3 aromatic carbocycles. The molecule has 4 rings (SSSR count). The molecule has 39 heavy (non-hydrogen) atoms. The number of nitrogens with zero attached hydrogens (tertiary/aromatic N) is 3. The molecule has 0 radical (unpaired) electrons. The highest BCUT2D eigenvalue weighted by Gasteiger charge is 2.19. The molecule has 9 nitrogen and oxygen atoms in total. The molecule has 0 spiro atoms. The summed E-state index contributed by atoms with van der Waals surface area (Å²) in [5, 5.41) is 32.2. The molecule has 0 saturated heterocycles. The van der Waals surface area contributed by atoms with E-state index in [0.717, 1.165) is 0 Å². The third kappa shape index (κ3) is 6.11. The van der Waals surface area contributed by atoms with E-state index in [0.29, 0.717) is 17.2 Å². The number of rotatable bonds is 9. The molecule has 0 amide bonds. The van der Waals surface area contributed by atoms with E-state index in [2.05, 4.69) is 32.7 Å². The van der Waals surface area contributed by atoms with Crippen LogP contribution in [-0.2, 0) is 0 Å². The predicted molar refractivity (Wildman–Crippen MR) is 144 cm³/mol. The number of phenols is 3. The first-order valence-electron chi connectivity index (χ1n) is 11.4. The van der Waals surface area contributed by atoms with Gasteiger partial charge in [0.2, 0.25) is 0 Å². The Bertz CT molecular complexity index is 1440. The highest BCUT2D eigenvalue weighted by molar-refractivity contribution is 5.74. The smallest absolute Gasteiger partial charge is 0.167 e. The van der Waals surface area contributed by atoms with Crippen LogP contribution in [0.4, 0.5) is 0 Å². The lowest BCUT2D eigenvalue weighted by molar-refractivity contribution is 0.366. The van der Waals surface area contributed by atoms with Gasteiger partial charge in [0.1, 0.15) is 54.3 Å². The first-order chi connectivity index (χ1) is 18.9. The van der Waals surface area contributed by atoms with Crippen LogP contribution in [0.15, 0.2) is 54.6 Å². The quantitative estimate of drug-likeness (QED) is 0.281. The number of aromatic nitrogens is 3. The molecule has 0 saturated carbocycles. The SMILES string of the molecule is C#CCOc1ccc(-c2nc(-c3ccc(OCC#C)cc3O)nc(-c3ccc(OCC#C)cc3O)n2)c(O)c1. The van der Waals surface area contributed by atoms with E-state index in [1.54, 1.807) is 36.4 Å². The molecule has 0 atom stereocenters. The lowest BCUT2D eigenvalue weighted by atomic mass is 10.1. The summed E-state index contributed by atoms with van der Waals surface area (Å²) in [7, 11) is 0. The van der Waals surface area contributed by atoms with Gasteiger partial charge >= 0.3 is 0 Å². The van der Waals surface area contributed by atoms with E-state index in [1.807, 2.05) is 0 Å². The monoisotopic (exact) mass is 519 g/mol. The van der Waals surface area contributed by atoms with Crippen LogP contribution in [0.3, 0.4) is 0 Å². The minimum absolute atomic E-state index is 0.0273. The molecule has 4 aromatic rings. The number of ether oxygens (including phenoxy) is 3. The van der Waals surface area contributed by atoms with E-state index in [-0.39, 0.29) is 71.2 Å². The third-order valence-electron chi connectivity index (χ3n) is 5.23. The summed E-state index contributed by atoms with van der Waals surface area (Å²) in [6.45, 7) is 0.0818. The van der Waals surface area contributed by atoms with Crippen LogP contribution in [0.1, 0.15) is 0 Å². The Kier molecular flexibility index (Phi) is 8.02. The van der Waals surface area contributed by atoms with Crippen molar-refractivity contribution in [1.82, 2.24) is 15.0 Å². The second-order valence-corrected chi connectivity index (χ2v) is 7.82. The zero-order valence-electron chi connectivity index (χ0n) is 20.5. The summed E-state index contributed by atoms with van der Waals surface area (Å²) in [5.74, 6) is 7.76. The number of hydrogen-bond acceptors (Lipinski definition) is 9. The molecule has 0 aliphatic rings. The Morgan fingerprint density at radius 2 is 0.795 bits per heavy atom. The first kappa shape index (κ1) is 26.2. The van der Waals surface area contributed by atoms with Gasteiger partial charge in [0.15, 0.2) is 17.5 Å². The summed E-state index contributed by atoms with van der Waals surface area (Å²) < 4.78 is 16.1. The number of aromatic hydroxyl groups is 3. The molecule has 0 aliphatic carbocycles. The van der Waals surface area contributed by atoms with Gasteiger partial charge in [-0.1, -0.05) is 17.8 Å². The highest BCUT2D eigenvalue weighted by Crippen LogP contribution is 2.37. The van der Waals surface area contributed by atoms with Crippen LogP contribution in [0.2, 0.25) is 0 Å². The van der Waals surface area contributed by atoms with Gasteiger partial charge in [-0.05, 0) is 36.4 Å². The number of terminal acetylenes is 3. The van der Waals surface area contributed by atoms with Gasteiger partial charge in [0.05, 0.1) is 16.7 Å². The largest absolute Gasteiger partial charge is 0.507 e. The van der Waals surface area contributed by atoms with Gasteiger partial charge in [-0.25, -0.2) is 15.0 Å². The molecule has 1 heterocycles. The van der Waals surface area contributed by atoms with Crippen LogP contribution in [0.25, 0.3) is 34.2 Å². The maximum absolute atomic E-state index is 10.7. The molecule has 9 heteroatoms. The number of phenolic OH excluding ortho intramolecular Hbond substituents is 3. The van der Waals surface area contributed by atoms with E-state index in [9.17, 15) is 15.3 Å². The van der Waals surface area contributed by atoms with Crippen molar-refractivity contribution >= 4 is 0 Å². The van der Waals surface area contributed by atoms with Crippen molar-refractivity contribution in [2.45, 2.75) is 0 Å². The molecular formula is C30H21N3O6. The number of benzene rings is 3. The molecule has 0 bridgehead atoms. The second kappa shape index (κ2) is 11.9. The van der Waals surface area contributed by atoms with Gasteiger partial charge in [0, 0.05) is 18.2 Å². The maximum atomic E-state index is 10.7. The Hall–Kier alpha value is -5.85. The Morgan fingerprint density at radius 3 is 1.03 bits per heavy atom. The van der Waals surface area contributed by atoms with E-state index in [1.165, 1.54) is 18.2 Å². The molecule has 0 fully saturated rings. The minimum atomic E-state index is -0.183. The Labute approximate surface area is 224 Å². The first-order valence-corrected chi connectivity index (χ1v) is 11.4. The van der Waals surface area contributed by atoms with Crippen molar-refractivity contribution in [3.8, 4) is 106 Å². The highest BCUT2D eigenvalue weighted by atomic mass is 16.5. The molecule has 0 unspecified atom stereocenters. The van der Waals surface area contributed by atoms with Crippen LogP contribution >= 0.6 is 0 Å². The average molecular weight is 520 g/mol. The Balaban J connectivity index is 1.84. The van der Waals surface area contributed by atoms with Gasteiger partial charge in [-0.2, -0.15) is 0 Å². The third-order valence-corrected chi connectivity index (χ3v) is 5.23. The van der Waals surface area contributed by atoms with E-state index in [4.69, 9.17) is 33.5 Å². The van der Waals surface area contributed by atoms with Crippen LogP contribution in [0, 0.1) is 37.0 Å². The van der Waals surface area contributed by atoms with Gasteiger partial charge < -0.3 is 29.5 Å². The summed E-state index contributed by atoms with van der Waals surface area (Å²) >= 11 is 0. The normalized spacial score (nSPS) is 10.1. The fourth-order valence-corrected chi connectivity index (χ4v) is 3.48. The van der Waals surface area contributed by atoms with Crippen LogP contribution in [0.5, 0.6) is 34.5 Å². The standard InChI is InChI=1S/C30H21N3O6/c1-4-13-37-19-7-10-22(25(34)16-19)28-31-29(23-11-8-20(17-26(23)35)38-14-5-2)33-30(32-28)24-12-9-21(18-27(24)36)39-15-6-3/h1-3,7-12,16-18,34-36H,13-15H2. The topological polar surface area (TPSA) is 127 Å². The average Bonchev–Trinajstić information content (AvgIpc) is 2.93. The lowest BCUT2D eigenvalue weighted by Gasteiger charge is -2.12. The van der Waals surface area contributed by atoms with Crippen LogP contribution < -0.4 is 14.2 Å². The van der Waals surface area contributed by atoms with Gasteiger partial charge in [-0.15, -0.1) is 19.3 Å². The van der Waals surface area contributed by atoms with Crippen molar-refractivity contribution in [2.24, 2.45) is 0 Å². The zero-order chi connectivity index (χ0) is 27.8. The fraction of sp³-hybridized carbons (Fsp3) is 0.100. The molecule has 0 aliphatic heterocycles. The molecular weight excluding hydrogens is 498 g/mol. The molecule has 3 N–H and O–H groups in total. The Morgan fingerprint density at radius 1 is 0.513 bits per heavy atom. The lowest BCUT2D eigenvalue weighted by Crippen LogP contribution is -2.02. The molecule has 1 aromatic heterocycles. The van der Waals surface area contributed by atoms with E-state index < -0.39 is 0 Å². The zero-order valence-corrected chi connectivity index (χ0v) is 20.5. The minimum Gasteiger partial charge on any atom is -0.507 e. The van der Waals surface area contributed by atoms with Crippen LogP contribution in [-0.4, -0.2) is 50.1 Å². The predicted octanol–water partition coefficient (Wildman–Crippen LogP) is 4.03. The molecule has 192 valence electrons. The second-order valence-electron chi connectivity index (χ2n) is 7.82. The van der Waals surface area contributed by atoms with Crippen molar-refractivity contribution in [1.29, 1.82) is 0 Å². The number of hydrogen-bond donors (Lipinski definition) is 3. The van der Waals surface area contributed by atoms with Crippen molar-refractivity contribution in [2.75, 3.05) is 19.8 Å². The van der Waals surface area contributed by atoms with Crippen molar-refractivity contribution < 1.29 is 29.5 Å². The summed E-state index contributed by atoms with van der Waals surface area (Å²) in [5.41, 5.74) is 0.736. The summed E-state index contributed by atoms with van der Waals surface area (Å²) in [4.78, 5) is 13.4.